The Balaban J connectivity index is 0.00000226. The van der Waals surface area contributed by atoms with Crippen molar-refractivity contribution >= 4 is 80.5 Å². The van der Waals surface area contributed by atoms with E-state index in [0.29, 0.717) is 24.6 Å². The van der Waals surface area contributed by atoms with E-state index in [4.69, 9.17) is 36.3 Å². The van der Waals surface area contributed by atoms with Crippen molar-refractivity contribution in [1.29, 1.82) is 0 Å². The Kier molecular flexibility index (Phi) is 21.4. The standard InChI is InChI=1S/C62H55ClN10O2.3HI.Mn/c1-71-33-24-42(25-34-71)60-51-17-15-49(67-51)59(41-9-12-46(13-10-41)75-39-7-4-8-58(74)66-31-6-5-30-64-48-23-32-65-57-40-45(63)11-14-47(48)57)50-16-18-52(68-50)61(43-26-35-72(2)36-27-43)54-20-22-56(70-54)62(55-21-19-53(60)69-55)44-28-37-73(3)38-29-44;;;;/h9-29,32-38,40H,4-8,30-31,39H2,1-3H3,(H-2,64,65,66,67,68,69,70,74);3*1H;/q;;;;+2/p-2. The van der Waals surface area contributed by atoms with Crippen molar-refractivity contribution < 1.29 is 112 Å². The van der Waals surface area contributed by atoms with Gasteiger partial charge in [-0.3, -0.25) is 9.78 Å². The van der Waals surface area contributed by atoms with Crippen molar-refractivity contribution in [3.8, 4) is 50.3 Å². The molecule has 2 aliphatic rings. The quantitative estimate of drug-likeness (QED) is 0.0650. The molecular formula is C62H56ClI3MnN10O2. The number of rotatable bonds is 16. The summed E-state index contributed by atoms with van der Waals surface area (Å²) in [5, 5.41) is 8.28. The maximum atomic E-state index is 12.7. The fourth-order valence-corrected chi connectivity index (χ4v) is 9.80. The molecule has 1 radical (unpaired) electrons. The summed E-state index contributed by atoms with van der Waals surface area (Å²) in [7, 11) is 6.05. The van der Waals surface area contributed by atoms with E-state index in [1.807, 2.05) is 96.0 Å². The SMILES string of the molecule is C[n+]1ccc(-c2c3nc(c(-c4cc[n+](C)cc4)c4ccc([n-]4)c(-c4cc[n+](C)cc4)c4nc(c(-c5ccc(OCCCCC(=O)NCCCCNc6ccnc7cc(Cl)ccc67)cc5)c5ccc2[n-]5)C=C4)C=C3)cc1.[I-].[I-].[I-].[Mn+2]. The second-order valence-electron chi connectivity index (χ2n) is 19.0. The third kappa shape index (κ3) is 14.1. The molecule has 79 heavy (non-hydrogen) atoms. The monoisotopic (exact) mass is 1440 g/mol. The zero-order valence-corrected chi connectivity index (χ0v) is 52.1. The minimum atomic E-state index is 0. The molecule has 9 heterocycles. The van der Waals surface area contributed by atoms with Crippen LogP contribution in [0.5, 0.6) is 5.75 Å². The number of unbranched alkanes of at least 4 members (excludes halogenated alkanes) is 2. The molecule has 0 saturated carbocycles. The molecule has 0 atom stereocenters. The van der Waals surface area contributed by atoms with Crippen LogP contribution in [0.25, 0.3) is 102 Å². The van der Waals surface area contributed by atoms with E-state index in [1.54, 1.807) is 6.20 Å². The normalized spacial score (nSPS) is 11.2. The van der Waals surface area contributed by atoms with E-state index in [-0.39, 0.29) is 94.9 Å². The zero-order chi connectivity index (χ0) is 51.3. The molecule has 17 heteroatoms. The first-order valence-corrected chi connectivity index (χ1v) is 25.8. The van der Waals surface area contributed by atoms with Crippen molar-refractivity contribution in [2.75, 3.05) is 25.0 Å². The molecule has 0 saturated heterocycles. The number of pyridine rings is 4. The van der Waals surface area contributed by atoms with Crippen LogP contribution in [0.3, 0.4) is 0 Å². The van der Waals surface area contributed by atoms with Gasteiger partial charge in [0.15, 0.2) is 37.2 Å². The van der Waals surface area contributed by atoms with Gasteiger partial charge >= 0.3 is 17.1 Å². The smallest absolute Gasteiger partial charge is 1.00 e. The fraction of sp³-hybridized carbons (Fsp3) is 0.177. The van der Waals surface area contributed by atoms with Gasteiger partial charge in [-0.1, -0.05) is 48.0 Å². The molecule has 0 spiro atoms. The number of halogens is 4. The summed E-state index contributed by atoms with van der Waals surface area (Å²) >= 11 is 6.15. The Hall–Kier alpha value is -6.03. The summed E-state index contributed by atoms with van der Waals surface area (Å²) in [4.78, 5) is 38.7. The van der Waals surface area contributed by atoms with Gasteiger partial charge in [-0.25, -0.2) is 23.7 Å². The summed E-state index contributed by atoms with van der Waals surface area (Å²) in [5.74, 6) is 0.810. The Labute approximate surface area is 526 Å². The minimum Gasteiger partial charge on any atom is -1.00 e. The van der Waals surface area contributed by atoms with Crippen molar-refractivity contribution in [3.63, 3.8) is 0 Å². The van der Waals surface area contributed by atoms with Crippen LogP contribution in [0.4, 0.5) is 5.69 Å². The molecule has 8 bridgehead atoms. The van der Waals surface area contributed by atoms with Gasteiger partial charge in [-0.15, -0.1) is 22.1 Å². The maximum absolute atomic E-state index is 12.7. The van der Waals surface area contributed by atoms with E-state index in [2.05, 4.69) is 125 Å². The Morgan fingerprint density at radius 3 is 1.46 bits per heavy atom. The number of fused-ring (bicyclic) bond motifs is 9. The van der Waals surface area contributed by atoms with Crippen LogP contribution in [0.1, 0.15) is 54.9 Å². The number of amides is 1. The van der Waals surface area contributed by atoms with Gasteiger partial charge in [0.1, 0.15) is 26.9 Å². The number of hydrogen-bond donors (Lipinski definition) is 2. The predicted octanol–water partition coefficient (Wildman–Crippen LogP) is 1.82. The van der Waals surface area contributed by atoms with Crippen LogP contribution in [-0.2, 0) is 43.0 Å². The minimum absolute atomic E-state index is 0. The molecule has 401 valence electrons. The van der Waals surface area contributed by atoms with E-state index >= 15 is 0 Å². The number of hydrogen-bond acceptors (Lipinski definition) is 6. The van der Waals surface area contributed by atoms with E-state index in [0.717, 1.165) is 144 Å². The fourth-order valence-electron chi connectivity index (χ4n) is 9.63. The second-order valence-corrected chi connectivity index (χ2v) is 19.4. The molecule has 9 aromatic rings. The van der Waals surface area contributed by atoms with E-state index < -0.39 is 0 Å². The first-order valence-electron chi connectivity index (χ1n) is 25.4. The van der Waals surface area contributed by atoms with Crippen LogP contribution in [0, 0.1) is 0 Å². The number of anilines is 1. The van der Waals surface area contributed by atoms with Gasteiger partial charge in [0, 0.05) is 78.2 Å². The summed E-state index contributed by atoms with van der Waals surface area (Å²) in [6, 6.07) is 36.9. The summed E-state index contributed by atoms with van der Waals surface area (Å²) in [5.41, 5.74) is 15.9. The summed E-state index contributed by atoms with van der Waals surface area (Å²) in [6.45, 7) is 1.93. The molecule has 2 N–H and O–H groups in total. The van der Waals surface area contributed by atoms with Crippen molar-refractivity contribution in [2.45, 2.75) is 32.1 Å². The van der Waals surface area contributed by atoms with E-state index in [1.165, 1.54) is 0 Å². The largest absolute Gasteiger partial charge is 2.00 e. The van der Waals surface area contributed by atoms with Crippen LogP contribution in [0.15, 0.2) is 153 Å². The van der Waals surface area contributed by atoms with Gasteiger partial charge in [-0.2, -0.15) is 0 Å². The van der Waals surface area contributed by atoms with Crippen molar-refractivity contribution in [3.05, 3.63) is 180 Å². The summed E-state index contributed by atoms with van der Waals surface area (Å²) < 4.78 is 12.3. The average Bonchev–Trinajstić information content (AvgIpc) is 4.33. The molecule has 0 unspecified atom stereocenters. The first-order chi connectivity index (χ1) is 36.7. The average molecular weight is 1440 g/mol. The van der Waals surface area contributed by atoms with Gasteiger partial charge in [0.05, 0.1) is 34.9 Å². The van der Waals surface area contributed by atoms with Crippen LogP contribution in [-0.4, -0.2) is 40.6 Å². The molecule has 0 aliphatic carbocycles. The number of carbonyl (C=O) groups is 1. The number of aryl methyl sites for hydroxylation is 3. The number of carbonyl (C=O) groups excluding carboxylic acids is 1. The van der Waals surface area contributed by atoms with Gasteiger partial charge < -0.3 is 97.3 Å². The van der Waals surface area contributed by atoms with Crippen molar-refractivity contribution in [2.24, 2.45) is 21.1 Å². The number of ether oxygens (including phenoxy) is 1. The Bertz CT molecular complexity index is 3790. The maximum Gasteiger partial charge on any atom is 2.00 e. The van der Waals surface area contributed by atoms with Gasteiger partial charge in [0.25, 0.3) is 0 Å². The van der Waals surface area contributed by atoms with Gasteiger partial charge in [-0.05, 0) is 131 Å². The Morgan fingerprint density at radius 1 is 0.544 bits per heavy atom. The van der Waals surface area contributed by atoms with Gasteiger partial charge in [0.2, 0.25) is 5.91 Å². The third-order valence-corrected chi connectivity index (χ3v) is 13.8. The number of aromatic nitrogens is 8. The van der Waals surface area contributed by atoms with Crippen LogP contribution < -0.4 is 111 Å². The second kappa shape index (κ2) is 27.9. The molecule has 1 amide bonds. The predicted molar refractivity (Wildman–Crippen MR) is 299 cm³/mol. The molecule has 12 nitrogen and oxygen atoms in total. The molecule has 2 aliphatic heterocycles. The zero-order valence-electron chi connectivity index (χ0n) is 43.7. The van der Waals surface area contributed by atoms with Crippen molar-refractivity contribution in [1.82, 2.24) is 30.2 Å². The third-order valence-electron chi connectivity index (χ3n) is 13.6. The van der Waals surface area contributed by atoms with Crippen LogP contribution in [0.2, 0.25) is 5.02 Å². The Morgan fingerprint density at radius 2 is 0.987 bits per heavy atom. The number of nitrogens with one attached hydrogen (secondary N) is 2. The number of benzene rings is 2. The molecule has 7 aromatic heterocycles. The molecule has 11 rings (SSSR count). The molecule has 0 fully saturated rings. The molecular weight excluding hydrogens is 1390 g/mol. The first kappa shape index (κ1) is 60.6. The topological polar surface area (TPSA) is 129 Å². The van der Waals surface area contributed by atoms with Crippen LogP contribution >= 0.6 is 11.6 Å². The summed E-state index contributed by atoms with van der Waals surface area (Å²) in [6.07, 6.45) is 26.2. The number of nitrogens with zero attached hydrogens (tertiary/aromatic N) is 8. The molecule has 2 aromatic carbocycles. The van der Waals surface area contributed by atoms with E-state index in [9.17, 15) is 4.79 Å².